The SMILES string of the molecule is O=C([O-])COc1ccc2cc(-c3nc(OCCN4CCOCC4)cc(-c4ccccc4)n3)ccc2c1.[Na+]. The molecule has 8 nitrogen and oxygen atoms in total. The Balaban J connectivity index is 0.00000320. The normalized spacial score (nSPS) is 13.6. The van der Waals surface area contributed by atoms with Crippen LogP contribution >= 0.6 is 0 Å². The van der Waals surface area contributed by atoms with E-state index < -0.39 is 12.6 Å². The number of hydrogen-bond donors (Lipinski definition) is 0. The molecule has 1 aromatic heterocycles. The molecule has 0 N–H and O–H groups in total. The first kappa shape index (κ1) is 27.0. The van der Waals surface area contributed by atoms with Crippen LogP contribution in [0.5, 0.6) is 11.6 Å². The average molecular weight is 508 g/mol. The molecule has 1 aliphatic rings. The molecule has 1 aliphatic heterocycles. The number of carboxylic acid groups (broad SMARTS) is 1. The van der Waals surface area contributed by atoms with Gasteiger partial charge in [-0.3, -0.25) is 4.90 Å². The summed E-state index contributed by atoms with van der Waals surface area (Å²) in [5.74, 6) is 0.303. The molecule has 1 saturated heterocycles. The molecule has 5 rings (SSSR count). The summed E-state index contributed by atoms with van der Waals surface area (Å²) in [6.07, 6.45) is 0. The summed E-state index contributed by atoms with van der Waals surface area (Å²) in [5.41, 5.74) is 2.62. The van der Waals surface area contributed by atoms with Crippen LogP contribution in [0.15, 0.2) is 72.8 Å². The number of nitrogens with zero attached hydrogens (tertiary/aromatic N) is 3. The van der Waals surface area contributed by atoms with Crippen LogP contribution in [0.4, 0.5) is 0 Å². The monoisotopic (exact) mass is 507 g/mol. The zero-order chi connectivity index (χ0) is 24.7. The summed E-state index contributed by atoms with van der Waals surface area (Å²) in [7, 11) is 0. The average Bonchev–Trinajstić information content (AvgIpc) is 2.92. The van der Waals surface area contributed by atoms with Gasteiger partial charge in [0.1, 0.15) is 19.0 Å². The minimum absolute atomic E-state index is 0. The van der Waals surface area contributed by atoms with Crippen molar-refractivity contribution in [3.8, 4) is 34.3 Å². The van der Waals surface area contributed by atoms with E-state index >= 15 is 0 Å². The van der Waals surface area contributed by atoms with E-state index in [1.165, 1.54) is 0 Å². The summed E-state index contributed by atoms with van der Waals surface area (Å²) < 4.78 is 16.7. The predicted octanol–water partition coefficient (Wildman–Crippen LogP) is -0.192. The fourth-order valence-electron chi connectivity index (χ4n) is 4.08. The van der Waals surface area contributed by atoms with Crippen molar-refractivity contribution in [2.75, 3.05) is 46.1 Å². The summed E-state index contributed by atoms with van der Waals surface area (Å²) in [6.45, 7) is 4.16. The van der Waals surface area contributed by atoms with Gasteiger partial charge in [0.2, 0.25) is 5.88 Å². The maximum atomic E-state index is 10.7. The van der Waals surface area contributed by atoms with Gasteiger partial charge < -0.3 is 24.1 Å². The molecule has 0 atom stereocenters. The van der Waals surface area contributed by atoms with Gasteiger partial charge in [0, 0.05) is 36.8 Å². The van der Waals surface area contributed by atoms with Crippen molar-refractivity contribution in [1.29, 1.82) is 0 Å². The van der Waals surface area contributed by atoms with Gasteiger partial charge in [-0.05, 0) is 29.0 Å². The molecule has 4 aromatic rings. The molecule has 37 heavy (non-hydrogen) atoms. The Hall–Kier alpha value is -3.01. The van der Waals surface area contributed by atoms with Gasteiger partial charge in [-0.2, -0.15) is 4.98 Å². The summed E-state index contributed by atoms with van der Waals surface area (Å²) in [4.78, 5) is 22.5. The Morgan fingerprint density at radius 1 is 0.892 bits per heavy atom. The summed E-state index contributed by atoms with van der Waals surface area (Å²) in [6, 6.07) is 23.1. The maximum Gasteiger partial charge on any atom is 1.00 e. The van der Waals surface area contributed by atoms with Crippen molar-refractivity contribution in [2.45, 2.75) is 0 Å². The molecule has 0 aliphatic carbocycles. The second kappa shape index (κ2) is 13.0. The molecule has 2 heterocycles. The quantitative estimate of drug-likeness (QED) is 0.288. The number of hydrogen-bond acceptors (Lipinski definition) is 8. The number of aliphatic carboxylic acids is 1. The van der Waals surface area contributed by atoms with Crippen molar-refractivity contribution in [3.63, 3.8) is 0 Å². The van der Waals surface area contributed by atoms with Crippen molar-refractivity contribution in [1.82, 2.24) is 14.9 Å². The van der Waals surface area contributed by atoms with Gasteiger partial charge in [0.05, 0.1) is 24.9 Å². The van der Waals surface area contributed by atoms with Crippen LogP contribution in [0.3, 0.4) is 0 Å². The van der Waals surface area contributed by atoms with E-state index in [1.54, 1.807) is 12.1 Å². The molecule has 1 fully saturated rings. The number of aromatic nitrogens is 2. The summed E-state index contributed by atoms with van der Waals surface area (Å²) in [5, 5.41) is 12.5. The van der Waals surface area contributed by atoms with Gasteiger partial charge in [0.25, 0.3) is 0 Å². The van der Waals surface area contributed by atoms with E-state index in [0.29, 0.717) is 24.1 Å². The molecule has 3 aromatic carbocycles. The Labute approximate surface area is 237 Å². The fourth-order valence-corrected chi connectivity index (χ4v) is 4.08. The summed E-state index contributed by atoms with van der Waals surface area (Å²) >= 11 is 0. The van der Waals surface area contributed by atoms with Gasteiger partial charge >= 0.3 is 29.6 Å². The number of rotatable bonds is 9. The topological polar surface area (TPSA) is 96.8 Å². The zero-order valence-corrected chi connectivity index (χ0v) is 22.8. The van der Waals surface area contributed by atoms with Gasteiger partial charge in [0.15, 0.2) is 5.82 Å². The first-order chi connectivity index (χ1) is 17.6. The van der Waals surface area contributed by atoms with Crippen LogP contribution in [0.25, 0.3) is 33.4 Å². The minimum Gasteiger partial charge on any atom is -0.546 e. The Morgan fingerprint density at radius 2 is 1.65 bits per heavy atom. The molecule has 184 valence electrons. The molecule has 0 bridgehead atoms. The fraction of sp³-hybridized carbons (Fsp3) is 0.250. The number of morpholine rings is 1. The molecular formula is C28H26N3NaO5. The smallest absolute Gasteiger partial charge is 0.546 e. The molecular weight excluding hydrogens is 481 g/mol. The van der Waals surface area contributed by atoms with Crippen LogP contribution in [0, 0.1) is 0 Å². The van der Waals surface area contributed by atoms with E-state index in [4.69, 9.17) is 24.2 Å². The molecule has 9 heteroatoms. The van der Waals surface area contributed by atoms with Crippen molar-refractivity contribution >= 4 is 16.7 Å². The Bertz CT molecular complexity index is 1350. The molecule has 0 unspecified atom stereocenters. The van der Waals surface area contributed by atoms with E-state index in [-0.39, 0.29) is 29.6 Å². The van der Waals surface area contributed by atoms with E-state index in [2.05, 4.69) is 4.90 Å². The Kier molecular flexibility index (Phi) is 9.49. The second-order valence-electron chi connectivity index (χ2n) is 8.47. The number of carbonyl (C=O) groups excluding carboxylic acids is 1. The number of ether oxygens (including phenoxy) is 3. The van der Waals surface area contributed by atoms with Crippen LogP contribution < -0.4 is 44.1 Å². The van der Waals surface area contributed by atoms with Crippen molar-refractivity contribution < 1.29 is 53.7 Å². The number of fused-ring (bicyclic) bond motifs is 1. The first-order valence-corrected chi connectivity index (χ1v) is 11.9. The van der Waals surface area contributed by atoms with Crippen LogP contribution in [-0.2, 0) is 9.53 Å². The third-order valence-corrected chi connectivity index (χ3v) is 5.96. The van der Waals surface area contributed by atoms with E-state index in [9.17, 15) is 9.90 Å². The molecule has 0 saturated carbocycles. The maximum absolute atomic E-state index is 10.7. The van der Waals surface area contributed by atoms with Crippen LogP contribution in [0.2, 0.25) is 0 Å². The predicted molar refractivity (Wildman–Crippen MR) is 134 cm³/mol. The van der Waals surface area contributed by atoms with Crippen LogP contribution in [-0.4, -0.2) is 66.9 Å². The zero-order valence-electron chi connectivity index (χ0n) is 20.8. The molecule has 0 radical (unpaired) electrons. The van der Waals surface area contributed by atoms with Gasteiger partial charge in [-0.15, -0.1) is 0 Å². The largest absolute Gasteiger partial charge is 1.00 e. The number of carbonyl (C=O) groups is 1. The number of carboxylic acids is 1. The van der Waals surface area contributed by atoms with Crippen LogP contribution in [0.1, 0.15) is 0 Å². The number of benzene rings is 3. The molecule has 0 amide bonds. The van der Waals surface area contributed by atoms with Gasteiger partial charge in [-0.1, -0.05) is 48.5 Å². The van der Waals surface area contributed by atoms with Gasteiger partial charge in [-0.25, -0.2) is 4.98 Å². The molecule has 0 spiro atoms. The first-order valence-electron chi connectivity index (χ1n) is 11.9. The standard InChI is InChI=1S/C28H27N3O5.Na/c32-27(33)19-36-24-9-8-21-16-23(7-6-22(21)17-24)28-29-25(20-4-2-1-3-5-20)18-26(30-28)35-15-12-31-10-13-34-14-11-31;/h1-9,16-18H,10-15,19H2,(H,32,33);/q;+1/p-1. The van der Waals surface area contributed by atoms with Crippen molar-refractivity contribution in [3.05, 3.63) is 72.8 Å². The second-order valence-corrected chi connectivity index (χ2v) is 8.47. The minimum atomic E-state index is -1.26. The van der Waals surface area contributed by atoms with E-state index in [1.807, 2.05) is 60.7 Å². The van der Waals surface area contributed by atoms with Crippen molar-refractivity contribution in [2.24, 2.45) is 0 Å². The van der Waals surface area contributed by atoms with E-state index in [0.717, 1.165) is 60.4 Å². The third-order valence-electron chi connectivity index (χ3n) is 5.96. The Morgan fingerprint density at radius 3 is 2.43 bits per heavy atom. The third kappa shape index (κ3) is 7.28.